The van der Waals surface area contributed by atoms with Crippen molar-refractivity contribution < 1.29 is 14.6 Å². The minimum atomic E-state index is -0.836. The molecular weight excluding hydrogens is 286 g/mol. The number of hydrogen-bond donors (Lipinski definition) is 1. The van der Waals surface area contributed by atoms with Gasteiger partial charge in [-0.2, -0.15) is 0 Å². The first-order valence-corrected chi connectivity index (χ1v) is 7.79. The smallest absolute Gasteiger partial charge is 0.307 e. The fourth-order valence-corrected chi connectivity index (χ4v) is 2.98. The standard InChI is InChI=1S/C16H19NO3S/c1-3-15-17-14(11(2)21-15)7-8-20-13-6-4-5-12(9-13)10-16(18)19/h4-6,9H,3,7-8,10H2,1-2H3,(H,18,19). The average Bonchev–Trinajstić information content (AvgIpc) is 2.79. The lowest BCUT2D eigenvalue weighted by Gasteiger charge is -2.07. The first-order chi connectivity index (χ1) is 10.1. The molecular formula is C16H19NO3S. The van der Waals surface area contributed by atoms with Crippen molar-refractivity contribution in [3.8, 4) is 5.75 Å². The Bertz CT molecular complexity index is 622. The molecule has 21 heavy (non-hydrogen) atoms. The second-order valence-corrected chi connectivity index (χ2v) is 6.07. The van der Waals surface area contributed by atoms with Gasteiger partial charge in [0.1, 0.15) is 5.75 Å². The second-order valence-electron chi connectivity index (χ2n) is 4.78. The molecule has 0 bridgehead atoms. The number of nitrogens with zero attached hydrogens (tertiary/aromatic N) is 1. The summed E-state index contributed by atoms with van der Waals surface area (Å²) in [6, 6.07) is 7.23. The highest BCUT2D eigenvalue weighted by Crippen LogP contribution is 2.19. The molecule has 0 aliphatic carbocycles. The molecule has 4 nitrogen and oxygen atoms in total. The first kappa shape index (κ1) is 15.5. The number of carboxylic acid groups (broad SMARTS) is 1. The molecule has 1 heterocycles. The van der Waals surface area contributed by atoms with E-state index in [0.717, 1.165) is 29.1 Å². The molecule has 0 saturated heterocycles. The Morgan fingerprint density at radius 1 is 1.43 bits per heavy atom. The summed E-state index contributed by atoms with van der Waals surface area (Å²) < 4.78 is 5.70. The third-order valence-corrected chi connectivity index (χ3v) is 4.26. The van der Waals surface area contributed by atoms with E-state index in [1.165, 1.54) is 4.88 Å². The Balaban J connectivity index is 1.90. The van der Waals surface area contributed by atoms with Crippen LogP contribution in [0.2, 0.25) is 0 Å². The third kappa shape index (κ3) is 4.56. The van der Waals surface area contributed by atoms with Crippen molar-refractivity contribution in [1.29, 1.82) is 0 Å². The zero-order valence-corrected chi connectivity index (χ0v) is 13.1. The van der Waals surface area contributed by atoms with Gasteiger partial charge < -0.3 is 9.84 Å². The molecule has 0 radical (unpaired) electrons. The number of aryl methyl sites for hydroxylation is 2. The summed E-state index contributed by atoms with van der Waals surface area (Å²) in [5.74, 6) is -0.130. The molecule has 0 spiro atoms. The molecule has 2 aromatic rings. The summed E-state index contributed by atoms with van der Waals surface area (Å²) in [6.45, 7) is 4.73. The van der Waals surface area contributed by atoms with Crippen LogP contribution in [0.4, 0.5) is 0 Å². The maximum absolute atomic E-state index is 10.7. The molecule has 0 unspecified atom stereocenters. The van der Waals surface area contributed by atoms with E-state index >= 15 is 0 Å². The highest BCUT2D eigenvalue weighted by atomic mass is 32.1. The van der Waals surface area contributed by atoms with Gasteiger partial charge in [0.2, 0.25) is 0 Å². The van der Waals surface area contributed by atoms with Gasteiger partial charge in [0, 0.05) is 11.3 Å². The van der Waals surface area contributed by atoms with E-state index in [0.29, 0.717) is 12.4 Å². The Morgan fingerprint density at radius 2 is 2.24 bits per heavy atom. The SMILES string of the molecule is CCc1nc(CCOc2cccc(CC(=O)O)c2)c(C)s1. The van der Waals surface area contributed by atoms with Gasteiger partial charge in [0.15, 0.2) is 0 Å². The van der Waals surface area contributed by atoms with E-state index in [1.54, 1.807) is 23.5 Å². The van der Waals surface area contributed by atoms with Crippen molar-refractivity contribution >= 4 is 17.3 Å². The van der Waals surface area contributed by atoms with Crippen LogP contribution in [0.3, 0.4) is 0 Å². The molecule has 0 amide bonds. The Morgan fingerprint density at radius 3 is 2.90 bits per heavy atom. The van der Waals surface area contributed by atoms with Crippen molar-refractivity contribution in [2.45, 2.75) is 33.1 Å². The predicted molar refractivity (Wildman–Crippen MR) is 83.2 cm³/mol. The largest absolute Gasteiger partial charge is 0.493 e. The molecule has 0 atom stereocenters. The van der Waals surface area contributed by atoms with Crippen LogP contribution in [0.25, 0.3) is 0 Å². The predicted octanol–water partition coefficient (Wildman–Crippen LogP) is 3.26. The van der Waals surface area contributed by atoms with Crippen LogP contribution >= 0.6 is 11.3 Å². The van der Waals surface area contributed by atoms with E-state index in [2.05, 4.69) is 18.8 Å². The topological polar surface area (TPSA) is 59.4 Å². The highest BCUT2D eigenvalue weighted by molar-refractivity contribution is 7.11. The molecule has 0 fully saturated rings. The molecule has 1 aromatic heterocycles. The number of carbonyl (C=O) groups is 1. The summed E-state index contributed by atoms with van der Waals surface area (Å²) in [6.07, 6.45) is 1.75. The summed E-state index contributed by atoms with van der Waals surface area (Å²) in [5.41, 5.74) is 1.84. The third-order valence-electron chi connectivity index (χ3n) is 3.10. The lowest BCUT2D eigenvalue weighted by Crippen LogP contribution is -2.04. The highest BCUT2D eigenvalue weighted by Gasteiger charge is 2.07. The first-order valence-electron chi connectivity index (χ1n) is 6.97. The Kier molecular flexibility index (Phi) is 5.33. The van der Waals surface area contributed by atoms with Gasteiger partial charge in [0.25, 0.3) is 0 Å². The maximum atomic E-state index is 10.7. The number of aliphatic carboxylic acids is 1. The lowest BCUT2D eigenvalue weighted by molar-refractivity contribution is -0.136. The molecule has 0 aliphatic rings. The van der Waals surface area contributed by atoms with E-state index in [4.69, 9.17) is 9.84 Å². The summed E-state index contributed by atoms with van der Waals surface area (Å²) in [7, 11) is 0. The molecule has 0 saturated carbocycles. The van der Waals surface area contributed by atoms with Crippen molar-refractivity contribution in [1.82, 2.24) is 4.98 Å². The van der Waals surface area contributed by atoms with Crippen molar-refractivity contribution in [2.24, 2.45) is 0 Å². The van der Waals surface area contributed by atoms with Gasteiger partial charge in [-0.1, -0.05) is 19.1 Å². The molecule has 0 aliphatic heterocycles. The molecule has 1 N–H and O–H groups in total. The van der Waals surface area contributed by atoms with Gasteiger partial charge in [0.05, 0.1) is 23.7 Å². The van der Waals surface area contributed by atoms with Crippen LogP contribution in [0, 0.1) is 6.92 Å². The second kappa shape index (κ2) is 7.22. The number of benzene rings is 1. The van der Waals surface area contributed by atoms with Gasteiger partial charge in [-0.25, -0.2) is 4.98 Å². The Labute approximate surface area is 128 Å². The van der Waals surface area contributed by atoms with Crippen molar-refractivity contribution in [2.75, 3.05) is 6.61 Å². The summed E-state index contributed by atoms with van der Waals surface area (Å²) >= 11 is 1.74. The van der Waals surface area contributed by atoms with Crippen molar-refractivity contribution in [3.05, 3.63) is 45.4 Å². The van der Waals surface area contributed by atoms with Crippen LogP contribution in [0.5, 0.6) is 5.75 Å². The molecule has 1 aromatic carbocycles. The van der Waals surface area contributed by atoms with E-state index in [9.17, 15) is 4.79 Å². The van der Waals surface area contributed by atoms with Crippen LogP contribution in [0.1, 0.15) is 28.1 Å². The maximum Gasteiger partial charge on any atom is 0.307 e. The lowest BCUT2D eigenvalue weighted by atomic mass is 10.1. The number of aromatic nitrogens is 1. The Hall–Kier alpha value is -1.88. The van der Waals surface area contributed by atoms with E-state index in [1.807, 2.05) is 12.1 Å². The number of carboxylic acids is 1. The van der Waals surface area contributed by atoms with Crippen LogP contribution in [0.15, 0.2) is 24.3 Å². The van der Waals surface area contributed by atoms with Crippen LogP contribution in [-0.4, -0.2) is 22.7 Å². The van der Waals surface area contributed by atoms with Crippen molar-refractivity contribution in [3.63, 3.8) is 0 Å². The van der Waals surface area contributed by atoms with E-state index in [-0.39, 0.29) is 6.42 Å². The molecule has 112 valence electrons. The molecule has 5 heteroatoms. The number of ether oxygens (including phenoxy) is 1. The number of hydrogen-bond acceptors (Lipinski definition) is 4. The fourth-order valence-electron chi connectivity index (χ4n) is 2.06. The van der Waals surface area contributed by atoms with Crippen LogP contribution < -0.4 is 4.74 Å². The minimum Gasteiger partial charge on any atom is -0.493 e. The van der Waals surface area contributed by atoms with Gasteiger partial charge >= 0.3 is 5.97 Å². The summed E-state index contributed by atoms with van der Waals surface area (Å²) in [4.78, 5) is 16.5. The number of thiazole rings is 1. The zero-order chi connectivity index (χ0) is 15.2. The number of rotatable bonds is 7. The average molecular weight is 305 g/mol. The normalized spacial score (nSPS) is 10.6. The quantitative estimate of drug-likeness (QED) is 0.853. The van der Waals surface area contributed by atoms with Gasteiger partial charge in [-0.05, 0) is 31.0 Å². The minimum absolute atomic E-state index is 0.0161. The fraction of sp³-hybridized carbons (Fsp3) is 0.375. The zero-order valence-electron chi connectivity index (χ0n) is 12.3. The monoisotopic (exact) mass is 305 g/mol. The van der Waals surface area contributed by atoms with Crippen LogP contribution in [-0.2, 0) is 24.1 Å². The van der Waals surface area contributed by atoms with Gasteiger partial charge in [-0.3, -0.25) is 4.79 Å². The summed E-state index contributed by atoms with van der Waals surface area (Å²) in [5, 5.41) is 9.95. The van der Waals surface area contributed by atoms with Gasteiger partial charge in [-0.15, -0.1) is 11.3 Å². The van der Waals surface area contributed by atoms with E-state index < -0.39 is 5.97 Å². The molecule has 2 rings (SSSR count).